The Kier molecular flexibility index (Phi) is 3.52. The highest BCUT2D eigenvalue weighted by Crippen LogP contribution is 2.20. The van der Waals surface area contributed by atoms with Crippen LogP contribution in [0, 0.1) is 6.92 Å². The Balaban J connectivity index is 1.90. The van der Waals surface area contributed by atoms with E-state index in [9.17, 15) is 4.79 Å². The lowest BCUT2D eigenvalue weighted by Gasteiger charge is -2.16. The fourth-order valence-corrected chi connectivity index (χ4v) is 2.03. The highest BCUT2D eigenvalue weighted by atomic mass is 16.5. The summed E-state index contributed by atoms with van der Waals surface area (Å²) < 4.78 is 5.52. The molecule has 1 saturated heterocycles. The molecule has 0 unspecified atom stereocenters. The van der Waals surface area contributed by atoms with Crippen molar-refractivity contribution in [3.63, 3.8) is 0 Å². The van der Waals surface area contributed by atoms with Crippen LogP contribution in [0.25, 0.3) is 0 Å². The van der Waals surface area contributed by atoms with Crippen molar-refractivity contribution in [1.82, 2.24) is 4.90 Å². The molecule has 0 aromatic heterocycles. The quantitative estimate of drug-likeness (QED) is 0.808. The predicted molar refractivity (Wildman–Crippen MR) is 66.9 cm³/mol. The number of nitrogens with two attached hydrogens (primary N) is 1. The lowest BCUT2D eigenvalue weighted by atomic mass is 10.2. The molecule has 0 radical (unpaired) electrons. The number of amides is 1. The Morgan fingerprint density at radius 3 is 2.76 bits per heavy atom. The molecule has 1 heterocycles. The van der Waals surface area contributed by atoms with Gasteiger partial charge in [-0.25, -0.2) is 0 Å². The number of carbonyl (C=O) groups excluding carboxylic acids is 1. The highest BCUT2D eigenvalue weighted by Gasteiger charge is 2.18. The van der Waals surface area contributed by atoms with Crippen LogP contribution in [0.4, 0.5) is 5.69 Å². The first-order chi connectivity index (χ1) is 8.16. The van der Waals surface area contributed by atoms with Crippen molar-refractivity contribution in [2.24, 2.45) is 0 Å². The molecule has 0 aliphatic carbocycles. The molecular weight excluding hydrogens is 216 g/mol. The number of likely N-dealkylation sites (tertiary alicyclic amines) is 1. The molecule has 4 nitrogen and oxygen atoms in total. The zero-order chi connectivity index (χ0) is 12.3. The maximum Gasteiger partial charge on any atom is 0.260 e. The maximum absolute atomic E-state index is 11.8. The molecule has 2 N–H and O–H groups in total. The molecule has 2 rings (SSSR count). The van der Waals surface area contributed by atoms with Crippen LogP contribution >= 0.6 is 0 Å². The van der Waals surface area contributed by atoms with Crippen LogP contribution in [0.3, 0.4) is 0 Å². The molecule has 17 heavy (non-hydrogen) atoms. The molecule has 0 saturated carbocycles. The van der Waals surface area contributed by atoms with Gasteiger partial charge < -0.3 is 15.4 Å². The number of hydrogen-bond donors (Lipinski definition) is 1. The highest BCUT2D eigenvalue weighted by molar-refractivity contribution is 5.78. The largest absolute Gasteiger partial charge is 0.483 e. The number of hydrogen-bond acceptors (Lipinski definition) is 3. The molecule has 1 aliphatic heterocycles. The lowest BCUT2D eigenvalue weighted by Crippen LogP contribution is -2.32. The summed E-state index contributed by atoms with van der Waals surface area (Å²) in [6, 6.07) is 5.43. The van der Waals surface area contributed by atoms with Crippen LogP contribution in [-0.2, 0) is 4.79 Å². The number of benzene rings is 1. The van der Waals surface area contributed by atoms with Gasteiger partial charge in [0.15, 0.2) is 6.61 Å². The summed E-state index contributed by atoms with van der Waals surface area (Å²) in [5.41, 5.74) is 7.32. The average Bonchev–Trinajstić information content (AvgIpc) is 2.81. The molecule has 1 aromatic carbocycles. The van der Waals surface area contributed by atoms with Crippen molar-refractivity contribution < 1.29 is 9.53 Å². The Hall–Kier alpha value is -1.71. The van der Waals surface area contributed by atoms with Gasteiger partial charge in [0, 0.05) is 18.8 Å². The molecular formula is C13H18N2O2. The number of aryl methyl sites for hydroxylation is 1. The van der Waals surface area contributed by atoms with Gasteiger partial charge >= 0.3 is 0 Å². The second-order valence-corrected chi connectivity index (χ2v) is 4.40. The number of nitrogen functional groups attached to an aromatic ring is 1. The van der Waals surface area contributed by atoms with E-state index in [0.29, 0.717) is 5.69 Å². The van der Waals surface area contributed by atoms with Crippen molar-refractivity contribution in [2.75, 3.05) is 25.4 Å². The molecule has 1 aliphatic rings. The van der Waals surface area contributed by atoms with Crippen LogP contribution in [-0.4, -0.2) is 30.5 Å². The Morgan fingerprint density at radius 2 is 2.12 bits per heavy atom. The molecule has 4 heteroatoms. The average molecular weight is 234 g/mol. The van der Waals surface area contributed by atoms with Crippen LogP contribution in [0.2, 0.25) is 0 Å². The topological polar surface area (TPSA) is 55.6 Å². The Morgan fingerprint density at radius 1 is 1.41 bits per heavy atom. The van der Waals surface area contributed by atoms with Gasteiger partial charge in [0.05, 0.1) is 0 Å². The van der Waals surface area contributed by atoms with E-state index >= 15 is 0 Å². The van der Waals surface area contributed by atoms with Gasteiger partial charge in [-0.2, -0.15) is 0 Å². The summed E-state index contributed by atoms with van der Waals surface area (Å²) in [5.74, 6) is 0.797. The van der Waals surface area contributed by atoms with E-state index < -0.39 is 0 Å². The van der Waals surface area contributed by atoms with Crippen LogP contribution in [0.15, 0.2) is 18.2 Å². The molecule has 1 fully saturated rings. The minimum atomic E-state index is 0.0683. The number of ether oxygens (including phenoxy) is 1. The zero-order valence-electron chi connectivity index (χ0n) is 10.1. The Bertz CT molecular complexity index is 412. The molecule has 0 atom stereocenters. The minimum absolute atomic E-state index is 0.0683. The summed E-state index contributed by atoms with van der Waals surface area (Å²) in [7, 11) is 0. The SMILES string of the molecule is Cc1cc(N)ccc1OCC(=O)N1CCCC1. The van der Waals surface area contributed by atoms with Gasteiger partial charge in [0.2, 0.25) is 0 Å². The van der Waals surface area contributed by atoms with Gasteiger partial charge in [-0.05, 0) is 43.5 Å². The minimum Gasteiger partial charge on any atom is -0.483 e. The first-order valence-corrected chi connectivity index (χ1v) is 5.93. The van der Waals surface area contributed by atoms with Crippen LogP contribution in [0.1, 0.15) is 18.4 Å². The molecule has 92 valence electrons. The first kappa shape index (κ1) is 11.8. The van der Waals surface area contributed by atoms with Crippen molar-refractivity contribution in [1.29, 1.82) is 0 Å². The van der Waals surface area contributed by atoms with Crippen molar-refractivity contribution >= 4 is 11.6 Å². The van der Waals surface area contributed by atoms with Gasteiger partial charge in [-0.3, -0.25) is 4.79 Å². The van der Waals surface area contributed by atoms with Crippen molar-refractivity contribution in [3.05, 3.63) is 23.8 Å². The van der Waals surface area contributed by atoms with Crippen LogP contribution < -0.4 is 10.5 Å². The van der Waals surface area contributed by atoms with Crippen LogP contribution in [0.5, 0.6) is 5.75 Å². The third-order valence-electron chi connectivity index (χ3n) is 3.01. The summed E-state index contributed by atoms with van der Waals surface area (Å²) in [4.78, 5) is 13.6. The molecule has 1 amide bonds. The summed E-state index contributed by atoms with van der Waals surface area (Å²) in [6.07, 6.45) is 2.21. The summed E-state index contributed by atoms with van der Waals surface area (Å²) in [5, 5.41) is 0. The smallest absolute Gasteiger partial charge is 0.260 e. The van der Waals surface area contributed by atoms with Gasteiger partial charge in [0.1, 0.15) is 5.75 Å². The van der Waals surface area contributed by atoms with Crippen molar-refractivity contribution in [2.45, 2.75) is 19.8 Å². The number of rotatable bonds is 3. The number of anilines is 1. The summed E-state index contributed by atoms with van der Waals surface area (Å²) in [6.45, 7) is 3.77. The fourth-order valence-electron chi connectivity index (χ4n) is 2.03. The second-order valence-electron chi connectivity index (χ2n) is 4.40. The van der Waals surface area contributed by atoms with E-state index in [1.54, 1.807) is 6.07 Å². The zero-order valence-corrected chi connectivity index (χ0v) is 10.1. The van der Waals surface area contributed by atoms with Gasteiger partial charge in [0.25, 0.3) is 5.91 Å². The third-order valence-corrected chi connectivity index (χ3v) is 3.01. The number of carbonyl (C=O) groups is 1. The molecule has 0 spiro atoms. The van der Waals surface area contributed by atoms with E-state index in [0.717, 1.165) is 37.2 Å². The second kappa shape index (κ2) is 5.08. The van der Waals surface area contributed by atoms with E-state index in [-0.39, 0.29) is 12.5 Å². The van der Waals surface area contributed by atoms with Crippen molar-refractivity contribution in [3.8, 4) is 5.75 Å². The van der Waals surface area contributed by atoms with E-state index in [4.69, 9.17) is 10.5 Å². The van der Waals surface area contributed by atoms with E-state index in [1.165, 1.54) is 0 Å². The molecule has 0 bridgehead atoms. The Labute approximate surface area is 101 Å². The third kappa shape index (κ3) is 2.90. The molecule has 1 aromatic rings. The fraction of sp³-hybridized carbons (Fsp3) is 0.462. The predicted octanol–water partition coefficient (Wildman–Crippen LogP) is 1.58. The normalized spacial score (nSPS) is 15.0. The monoisotopic (exact) mass is 234 g/mol. The standard InChI is InChI=1S/C13H18N2O2/c1-10-8-11(14)4-5-12(10)17-9-13(16)15-6-2-3-7-15/h4-5,8H,2-3,6-7,9,14H2,1H3. The lowest BCUT2D eigenvalue weighted by molar-refractivity contribution is -0.132. The first-order valence-electron chi connectivity index (χ1n) is 5.93. The van der Waals surface area contributed by atoms with Gasteiger partial charge in [-0.1, -0.05) is 0 Å². The maximum atomic E-state index is 11.8. The van der Waals surface area contributed by atoms with E-state index in [1.807, 2.05) is 24.0 Å². The number of nitrogens with zero attached hydrogens (tertiary/aromatic N) is 1. The van der Waals surface area contributed by atoms with Gasteiger partial charge in [-0.15, -0.1) is 0 Å². The summed E-state index contributed by atoms with van der Waals surface area (Å²) >= 11 is 0. The van der Waals surface area contributed by atoms with E-state index in [2.05, 4.69) is 0 Å².